The van der Waals surface area contributed by atoms with Crippen molar-refractivity contribution < 1.29 is 14.3 Å². The van der Waals surface area contributed by atoms with E-state index in [9.17, 15) is 4.79 Å². The zero-order chi connectivity index (χ0) is 12.7. The number of nitrogens with one attached hydrogen (secondary N) is 1. The molecule has 0 radical (unpaired) electrons. The van der Waals surface area contributed by atoms with Gasteiger partial charge in [-0.3, -0.25) is 10.2 Å². The summed E-state index contributed by atoms with van der Waals surface area (Å²) < 4.78 is 9.68. The van der Waals surface area contributed by atoms with E-state index in [0.717, 1.165) is 11.4 Å². The maximum absolute atomic E-state index is 10.5. The predicted octanol–water partition coefficient (Wildman–Crippen LogP) is 2.22. The summed E-state index contributed by atoms with van der Waals surface area (Å²) in [4.78, 5) is 10.5. The molecule has 1 rings (SSSR count). The van der Waals surface area contributed by atoms with Crippen molar-refractivity contribution in [2.75, 3.05) is 19.1 Å². The number of halogens is 1. The Morgan fingerprint density at radius 2 is 2.06 bits per heavy atom. The minimum Gasteiger partial charge on any atom is -0.497 e. The second-order valence-electron chi connectivity index (χ2n) is 3.11. The molecule has 0 saturated heterocycles. The highest BCUT2D eigenvalue weighted by Crippen LogP contribution is 2.14. The van der Waals surface area contributed by atoms with Crippen LogP contribution in [0.15, 0.2) is 29.4 Å². The van der Waals surface area contributed by atoms with Crippen molar-refractivity contribution >= 4 is 28.4 Å². The third-order valence-electron chi connectivity index (χ3n) is 1.79. The summed E-state index contributed by atoms with van der Waals surface area (Å²) in [7, 11) is 1.59. The summed E-state index contributed by atoms with van der Waals surface area (Å²) in [6, 6.07) is 7.16. The fraction of sp³-hybridized carbons (Fsp3) is 0.273. The Labute approximate surface area is 104 Å². The molecule has 0 spiro atoms. The number of hydrazone groups is 1. The van der Waals surface area contributed by atoms with Crippen LogP contribution in [-0.4, -0.2) is 24.9 Å². The molecule has 1 aromatic rings. The van der Waals surface area contributed by atoms with Gasteiger partial charge in [-0.25, -0.2) is 0 Å². The lowest BCUT2D eigenvalue weighted by Crippen LogP contribution is -2.08. The van der Waals surface area contributed by atoms with Crippen molar-refractivity contribution in [3.63, 3.8) is 0 Å². The molecular weight excluding hydrogens is 244 g/mol. The number of methoxy groups -OCH3 is 1. The van der Waals surface area contributed by atoms with Gasteiger partial charge in [0.05, 0.1) is 12.8 Å². The zero-order valence-corrected chi connectivity index (χ0v) is 10.3. The number of hydrogen-bond acceptors (Lipinski definition) is 5. The Balaban J connectivity index is 2.47. The van der Waals surface area contributed by atoms with E-state index in [1.807, 2.05) is 0 Å². The van der Waals surface area contributed by atoms with Crippen LogP contribution in [0.3, 0.4) is 0 Å². The zero-order valence-electron chi connectivity index (χ0n) is 9.57. The quantitative estimate of drug-likeness (QED) is 0.499. The Morgan fingerprint density at radius 1 is 1.41 bits per heavy atom. The Morgan fingerprint density at radius 3 is 2.59 bits per heavy atom. The highest BCUT2D eigenvalue weighted by atomic mass is 35.5. The number of carbonyl (C=O) groups is 1. The maximum Gasteiger partial charge on any atom is 0.303 e. The summed E-state index contributed by atoms with van der Waals surface area (Å²) in [5.41, 5.74) is 3.48. The van der Waals surface area contributed by atoms with Crippen LogP contribution in [0.2, 0.25) is 0 Å². The molecule has 0 bridgehead atoms. The Hall–Kier alpha value is -1.75. The molecule has 6 heteroatoms. The lowest BCUT2D eigenvalue weighted by Gasteiger charge is -2.03. The van der Waals surface area contributed by atoms with E-state index in [0.29, 0.717) is 0 Å². The van der Waals surface area contributed by atoms with E-state index in [1.165, 1.54) is 6.92 Å². The van der Waals surface area contributed by atoms with E-state index >= 15 is 0 Å². The van der Waals surface area contributed by atoms with Gasteiger partial charge in [-0.2, -0.15) is 5.10 Å². The summed E-state index contributed by atoms with van der Waals surface area (Å²) in [5, 5.41) is 4.00. The van der Waals surface area contributed by atoms with Crippen LogP contribution in [-0.2, 0) is 9.53 Å². The molecule has 17 heavy (non-hydrogen) atoms. The number of esters is 1. The molecule has 92 valence electrons. The van der Waals surface area contributed by atoms with Crippen molar-refractivity contribution in [3.8, 4) is 5.75 Å². The minimum absolute atomic E-state index is 0.0416. The molecule has 0 aliphatic heterocycles. The topological polar surface area (TPSA) is 59.9 Å². The van der Waals surface area contributed by atoms with Gasteiger partial charge in [0.1, 0.15) is 12.4 Å². The molecule has 0 unspecified atom stereocenters. The van der Waals surface area contributed by atoms with Gasteiger partial charge in [-0.05, 0) is 24.3 Å². The van der Waals surface area contributed by atoms with Gasteiger partial charge in [0.2, 0.25) is 0 Å². The molecule has 0 heterocycles. The lowest BCUT2D eigenvalue weighted by atomic mass is 10.3. The van der Waals surface area contributed by atoms with Crippen molar-refractivity contribution in [1.29, 1.82) is 0 Å². The predicted molar refractivity (Wildman–Crippen MR) is 66.5 cm³/mol. The normalized spacial score (nSPS) is 10.9. The van der Waals surface area contributed by atoms with Crippen LogP contribution < -0.4 is 10.2 Å². The molecule has 0 aliphatic carbocycles. The van der Waals surface area contributed by atoms with E-state index in [4.69, 9.17) is 16.3 Å². The van der Waals surface area contributed by atoms with Gasteiger partial charge in [-0.15, -0.1) is 0 Å². The molecule has 0 atom stereocenters. The third kappa shape index (κ3) is 5.21. The molecule has 0 aromatic heterocycles. The van der Waals surface area contributed by atoms with Gasteiger partial charge in [0.25, 0.3) is 0 Å². The first-order valence-corrected chi connectivity index (χ1v) is 5.25. The van der Waals surface area contributed by atoms with Crippen molar-refractivity contribution in [2.45, 2.75) is 6.92 Å². The summed E-state index contributed by atoms with van der Waals surface area (Å²) in [6.07, 6.45) is 0. The van der Waals surface area contributed by atoms with E-state index in [1.54, 1.807) is 31.4 Å². The highest BCUT2D eigenvalue weighted by Gasteiger charge is 1.98. The molecule has 0 fully saturated rings. The molecule has 0 aliphatic rings. The van der Waals surface area contributed by atoms with Crippen molar-refractivity contribution in [2.24, 2.45) is 5.10 Å². The van der Waals surface area contributed by atoms with Crippen LogP contribution in [0.4, 0.5) is 5.69 Å². The monoisotopic (exact) mass is 256 g/mol. The first kappa shape index (κ1) is 13.3. The highest BCUT2D eigenvalue weighted by molar-refractivity contribution is 6.65. The average Bonchev–Trinajstić information content (AvgIpc) is 2.34. The van der Waals surface area contributed by atoms with E-state index in [2.05, 4.69) is 15.3 Å². The van der Waals surface area contributed by atoms with Crippen molar-refractivity contribution in [3.05, 3.63) is 24.3 Å². The standard InChI is InChI=1S/C11H13ClN2O3/c1-8(15)17-7-11(12)14-13-9-3-5-10(16-2)6-4-9/h3-6,13H,7H2,1-2H3/b14-11-. The minimum atomic E-state index is -0.400. The molecule has 5 nitrogen and oxygen atoms in total. The van der Waals surface area contributed by atoms with Crippen molar-refractivity contribution in [1.82, 2.24) is 0 Å². The Kier molecular flexibility index (Phi) is 5.29. The van der Waals surface area contributed by atoms with Crippen LogP contribution in [0.25, 0.3) is 0 Å². The van der Waals surface area contributed by atoms with E-state index < -0.39 is 5.97 Å². The fourth-order valence-electron chi connectivity index (χ4n) is 0.984. The largest absolute Gasteiger partial charge is 0.497 e. The number of ether oxygens (including phenoxy) is 2. The molecular formula is C11H13ClN2O3. The molecule has 1 aromatic carbocycles. The number of benzene rings is 1. The second kappa shape index (κ2) is 6.75. The smallest absolute Gasteiger partial charge is 0.303 e. The molecule has 0 saturated carbocycles. The number of rotatable bonds is 5. The SMILES string of the molecule is COc1ccc(N/N=C(\Cl)COC(C)=O)cc1. The first-order valence-electron chi connectivity index (χ1n) is 4.87. The number of nitrogens with zero attached hydrogens (tertiary/aromatic N) is 1. The number of hydrogen-bond donors (Lipinski definition) is 1. The van der Waals surface area contributed by atoms with Gasteiger partial charge >= 0.3 is 5.97 Å². The lowest BCUT2D eigenvalue weighted by molar-refractivity contribution is -0.139. The summed E-state index contributed by atoms with van der Waals surface area (Å²) in [6.45, 7) is 1.26. The van der Waals surface area contributed by atoms with Gasteiger partial charge in [0.15, 0.2) is 5.17 Å². The van der Waals surface area contributed by atoms with Gasteiger partial charge in [-0.1, -0.05) is 11.6 Å². The molecule has 1 N–H and O–H groups in total. The maximum atomic E-state index is 10.5. The van der Waals surface area contributed by atoms with Crippen LogP contribution >= 0.6 is 11.6 Å². The van der Waals surface area contributed by atoms with Crippen LogP contribution in [0.1, 0.15) is 6.92 Å². The second-order valence-corrected chi connectivity index (χ2v) is 3.54. The van der Waals surface area contributed by atoms with E-state index in [-0.39, 0.29) is 11.8 Å². The van der Waals surface area contributed by atoms with Gasteiger partial charge in [0, 0.05) is 6.92 Å². The summed E-state index contributed by atoms with van der Waals surface area (Å²) >= 11 is 5.72. The number of carbonyl (C=O) groups excluding carboxylic acids is 1. The molecule has 0 amide bonds. The summed E-state index contributed by atoms with van der Waals surface area (Å²) in [5.74, 6) is 0.355. The third-order valence-corrected chi connectivity index (χ3v) is 1.98. The number of anilines is 1. The average molecular weight is 257 g/mol. The van der Waals surface area contributed by atoms with Gasteiger partial charge < -0.3 is 9.47 Å². The fourth-order valence-corrected chi connectivity index (χ4v) is 1.08. The van der Waals surface area contributed by atoms with Crippen LogP contribution in [0, 0.1) is 0 Å². The van der Waals surface area contributed by atoms with Crippen LogP contribution in [0.5, 0.6) is 5.75 Å². The first-order chi connectivity index (χ1) is 8.11. The Bertz CT molecular complexity index is 404.